The summed E-state index contributed by atoms with van der Waals surface area (Å²) in [5.41, 5.74) is 3.42. The van der Waals surface area contributed by atoms with Crippen LogP contribution in [0.15, 0.2) is 49.1 Å². The van der Waals surface area contributed by atoms with Gasteiger partial charge in [-0.15, -0.1) is 0 Å². The number of nitrogens with zero attached hydrogens (tertiary/aromatic N) is 5. The number of aromatic nitrogens is 5. The predicted octanol–water partition coefficient (Wildman–Crippen LogP) is 3.81. The third-order valence-corrected chi connectivity index (χ3v) is 4.34. The van der Waals surface area contributed by atoms with Crippen molar-refractivity contribution in [3.63, 3.8) is 0 Å². The molecule has 4 rings (SSSR count). The van der Waals surface area contributed by atoms with E-state index in [0.29, 0.717) is 17.9 Å². The first kappa shape index (κ1) is 15.5. The van der Waals surface area contributed by atoms with Crippen molar-refractivity contribution in [3.05, 3.63) is 66.3 Å². The smallest absolute Gasteiger partial charge is 0.143 e. The van der Waals surface area contributed by atoms with Gasteiger partial charge in [-0.3, -0.25) is 4.98 Å². The number of pyridine rings is 1. The highest BCUT2D eigenvalue weighted by Gasteiger charge is 2.15. The number of benzene rings is 1. The Morgan fingerprint density at radius 3 is 2.88 bits per heavy atom. The van der Waals surface area contributed by atoms with Crippen LogP contribution in [0.25, 0.3) is 22.4 Å². The van der Waals surface area contributed by atoms with E-state index in [2.05, 4.69) is 21.5 Å². The lowest BCUT2D eigenvalue weighted by Gasteiger charge is -2.11. The molecular weight excluding hydrogens is 317 g/mol. The van der Waals surface area contributed by atoms with Crippen molar-refractivity contribution in [2.24, 2.45) is 0 Å². The second-order valence-electron chi connectivity index (χ2n) is 6.00. The van der Waals surface area contributed by atoms with Crippen molar-refractivity contribution in [2.75, 3.05) is 0 Å². The van der Waals surface area contributed by atoms with Gasteiger partial charge >= 0.3 is 0 Å². The zero-order chi connectivity index (χ0) is 17.4. The van der Waals surface area contributed by atoms with Gasteiger partial charge in [0.15, 0.2) is 0 Å². The summed E-state index contributed by atoms with van der Waals surface area (Å²) in [6.45, 7) is 5.35. The zero-order valence-electron chi connectivity index (χ0n) is 14.1. The number of halogens is 1. The fraction of sp³-hybridized carbons (Fsp3) is 0.211. The Hall–Kier alpha value is -3.02. The van der Waals surface area contributed by atoms with E-state index in [1.165, 1.54) is 6.07 Å². The summed E-state index contributed by atoms with van der Waals surface area (Å²) in [5, 5.41) is 0. The van der Waals surface area contributed by atoms with Gasteiger partial charge in [0.05, 0.1) is 23.8 Å². The van der Waals surface area contributed by atoms with Crippen molar-refractivity contribution in [1.82, 2.24) is 24.1 Å². The van der Waals surface area contributed by atoms with Crippen LogP contribution >= 0.6 is 0 Å². The minimum Gasteiger partial charge on any atom is -0.327 e. The Morgan fingerprint density at radius 2 is 2.04 bits per heavy atom. The Bertz CT molecular complexity index is 1050. The first-order chi connectivity index (χ1) is 12.2. The molecule has 5 nitrogen and oxygen atoms in total. The molecule has 0 saturated carbocycles. The number of imidazole rings is 2. The number of aryl methyl sites for hydroxylation is 2. The molecule has 3 aromatic heterocycles. The third kappa shape index (κ3) is 2.69. The molecule has 0 spiro atoms. The fourth-order valence-electron chi connectivity index (χ4n) is 3.15. The number of fused-ring (bicyclic) bond motifs is 1. The topological polar surface area (TPSA) is 48.5 Å². The summed E-state index contributed by atoms with van der Waals surface area (Å²) in [6, 6.07) is 7.03. The summed E-state index contributed by atoms with van der Waals surface area (Å²) >= 11 is 0. The van der Waals surface area contributed by atoms with Crippen molar-refractivity contribution < 1.29 is 4.39 Å². The average Bonchev–Trinajstić information content (AvgIpc) is 3.21. The van der Waals surface area contributed by atoms with Crippen LogP contribution in [0.2, 0.25) is 0 Å². The van der Waals surface area contributed by atoms with Gasteiger partial charge in [-0.2, -0.15) is 0 Å². The average molecular weight is 335 g/mol. The third-order valence-electron chi connectivity index (χ3n) is 4.34. The van der Waals surface area contributed by atoms with Crippen molar-refractivity contribution in [2.45, 2.75) is 26.9 Å². The van der Waals surface area contributed by atoms with Crippen molar-refractivity contribution in [1.29, 1.82) is 0 Å². The maximum atomic E-state index is 14.3. The van der Waals surface area contributed by atoms with E-state index in [0.717, 1.165) is 29.0 Å². The minimum absolute atomic E-state index is 0.272. The second-order valence-corrected chi connectivity index (χ2v) is 6.00. The normalized spacial score (nSPS) is 11.3. The Labute approximate surface area is 144 Å². The van der Waals surface area contributed by atoms with Crippen LogP contribution in [0.5, 0.6) is 0 Å². The van der Waals surface area contributed by atoms with E-state index in [9.17, 15) is 4.39 Å². The van der Waals surface area contributed by atoms with Crippen LogP contribution < -0.4 is 0 Å². The van der Waals surface area contributed by atoms with Gasteiger partial charge < -0.3 is 9.13 Å². The Morgan fingerprint density at radius 1 is 1.16 bits per heavy atom. The molecule has 0 saturated heterocycles. The highest BCUT2D eigenvalue weighted by molar-refractivity contribution is 5.74. The van der Waals surface area contributed by atoms with Crippen LogP contribution in [0, 0.1) is 12.7 Å². The van der Waals surface area contributed by atoms with Crippen molar-refractivity contribution in [3.8, 4) is 11.4 Å². The van der Waals surface area contributed by atoms with Crippen LogP contribution in [0.3, 0.4) is 0 Å². The first-order valence-corrected chi connectivity index (χ1v) is 8.24. The van der Waals surface area contributed by atoms with Crippen LogP contribution in [0.4, 0.5) is 4.39 Å². The molecule has 0 aliphatic rings. The van der Waals surface area contributed by atoms with E-state index in [4.69, 9.17) is 4.98 Å². The molecule has 1 aromatic carbocycles. The maximum Gasteiger partial charge on any atom is 0.143 e. The fourth-order valence-corrected chi connectivity index (χ4v) is 3.15. The van der Waals surface area contributed by atoms with Gasteiger partial charge in [0.2, 0.25) is 0 Å². The molecule has 3 heterocycles. The quantitative estimate of drug-likeness (QED) is 0.570. The molecule has 6 heteroatoms. The van der Waals surface area contributed by atoms with E-state index in [-0.39, 0.29) is 5.82 Å². The van der Waals surface area contributed by atoms with Crippen LogP contribution in [0.1, 0.15) is 18.3 Å². The lowest BCUT2D eigenvalue weighted by molar-refractivity contribution is 0.624. The molecule has 0 aliphatic heterocycles. The van der Waals surface area contributed by atoms with E-state index < -0.39 is 0 Å². The zero-order valence-corrected chi connectivity index (χ0v) is 14.1. The minimum atomic E-state index is -0.272. The summed E-state index contributed by atoms with van der Waals surface area (Å²) in [5.74, 6) is 1.23. The molecule has 0 radical (unpaired) electrons. The molecule has 0 unspecified atom stereocenters. The summed E-state index contributed by atoms with van der Waals surface area (Å²) in [7, 11) is 0. The van der Waals surface area contributed by atoms with Gasteiger partial charge in [0.1, 0.15) is 23.0 Å². The molecule has 25 heavy (non-hydrogen) atoms. The summed E-state index contributed by atoms with van der Waals surface area (Å²) in [4.78, 5) is 13.2. The van der Waals surface area contributed by atoms with Gasteiger partial charge in [0.25, 0.3) is 0 Å². The van der Waals surface area contributed by atoms with Gasteiger partial charge in [-0.05, 0) is 32.0 Å². The molecule has 0 N–H and O–H groups in total. The maximum absolute atomic E-state index is 14.3. The molecule has 0 bridgehead atoms. The molecular formula is C19H18FN5. The molecule has 126 valence electrons. The number of hydrogen-bond acceptors (Lipinski definition) is 3. The largest absolute Gasteiger partial charge is 0.327 e. The molecule has 0 fully saturated rings. The van der Waals surface area contributed by atoms with Gasteiger partial charge in [0, 0.05) is 25.1 Å². The summed E-state index contributed by atoms with van der Waals surface area (Å²) in [6.07, 6.45) is 7.08. The highest BCUT2D eigenvalue weighted by Crippen LogP contribution is 2.24. The predicted molar refractivity (Wildman–Crippen MR) is 94.7 cm³/mol. The van der Waals surface area contributed by atoms with E-state index in [1.54, 1.807) is 24.7 Å². The monoisotopic (exact) mass is 335 g/mol. The lowest BCUT2D eigenvalue weighted by Crippen LogP contribution is -2.09. The first-order valence-electron chi connectivity index (χ1n) is 8.24. The molecule has 4 aromatic rings. The number of rotatable bonds is 4. The Balaban J connectivity index is 1.79. The van der Waals surface area contributed by atoms with E-state index in [1.807, 2.05) is 29.8 Å². The molecule has 0 aliphatic carbocycles. The molecule has 0 atom stereocenters. The van der Waals surface area contributed by atoms with Gasteiger partial charge in [-0.25, -0.2) is 14.4 Å². The SMILES string of the molecule is CCn1c(Cn2ccnc2-c2cc(C)ccc2F)nc2cnccc21. The van der Waals surface area contributed by atoms with Crippen molar-refractivity contribution >= 4 is 11.0 Å². The molecule has 0 amide bonds. The summed E-state index contributed by atoms with van der Waals surface area (Å²) < 4.78 is 18.4. The van der Waals surface area contributed by atoms with Crippen LogP contribution in [-0.4, -0.2) is 24.1 Å². The standard InChI is InChI=1S/C19H18FN5/c1-3-25-17-6-7-21-11-16(17)23-18(25)12-24-9-8-22-19(24)14-10-13(2)4-5-15(14)20/h4-11H,3,12H2,1-2H3. The van der Waals surface area contributed by atoms with Crippen LogP contribution in [-0.2, 0) is 13.1 Å². The number of hydrogen-bond donors (Lipinski definition) is 0. The second kappa shape index (κ2) is 6.12. The Kier molecular flexibility index (Phi) is 3.80. The van der Waals surface area contributed by atoms with Gasteiger partial charge in [-0.1, -0.05) is 11.6 Å². The lowest BCUT2D eigenvalue weighted by atomic mass is 10.1. The highest BCUT2D eigenvalue weighted by atomic mass is 19.1. The van der Waals surface area contributed by atoms with E-state index >= 15 is 0 Å².